The van der Waals surface area contributed by atoms with Gasteiger partial charge in [-0.1, -0.05) is 19.8 Å². The molecule has 2 N–H and O–H groups in total. The van der Waals surface area contributed by atoms with Crippen LogP contribution in [-0.2, 0) is 0 Å². The molecule has 0 atom stereocenters. The molecule has 0 aliphatic carbocycles. The predicted molar refractivity (Wildman–Crippen MR) is 56.7 cm³/mol. The molecule has 0 saturated heterocycles. The van der Waals surface area contributed by atoms with Crippen molar-refractivity contribution in [3.8, 4) is 0 Å². The highest BCUT2D eigenvalue weighted by Crippen LogP contribution is 2.20. The maximum absolute atomic E-state index is 5.64. The molecule has 0 aliphatic rings. The van der Waals surface area contributed by atoms with E-state index in [9.17, 15) is 0 Å². The Morgan fingerprint density at radius 3 is 2.77 bits per heavy atom. The van der Waals surface area contributed by atoms with Crippen molar-refractivity contribution in [2.24, 2.45) is 0 Å². The van der Waals surface area contributed by atoms with Crippen molar-refractivity contribution in [3.05, 3.63) is 12.4 Å². The van der Waals surface area contributed by atoms with Crippen molar-refractivity contribution >= 4 is 17.6 Å². The normalized spacial score (nSPS) is 10.2. The fourth-order valence-corrected chi connectivity index (χ4v) is 1.85. The Labute approximate surface area is 83.2 Å². The van der Waals surface area contributed by atoms with Gasteiger partial charge in [0, 0.05) is 12.4 Å². The van der Waals surface area contributed by atoms with Crippen LogP contribution in [-0.4, -0.2) is 15.7 Å². The molecule has 0 aromatic carbocycles. The van der Waals surface area contributed by atoms with Crippen LogP contribution in [0.5, 0.6) is 0 Å². The van der Waals surface area contributed by atoms with E-state index in [1.807, 2.05) is 0 Å². The predicted octanol–water partition coefficient (Wildman–Crippen LogP) is 2.34. The molecule has 0 unspecified atom stereocenters. The van der Waals surface area contributed by atoms with Crippen LogP contribution in [0.4, 0.5) is 5.82 Å². The van der Waals surface area contributed by atoms with E-state index in [-0.39, 0.29) is 0 Å². The third-order valence-corrected chi connectivity index (χ3v) is 2.76. The minimum atomic E-state index is 0.545. The summed E-state index contributed by atoms with van der Waals surface area (Å²) in [5.74, 6) is 1.63. The summed E-state index contributed by atoms with van der Waals surface area (Å²) in [4.78, 5) is 8.12. The van der Waals surface area contributed by atoms with Gasteiger partial charge in [-0.25, -0.2) is 9.97 Å². The molecule has 1 rings (SSSR count). The Kier molecular flexibility index (Phi) is 4.60. The van der Waals surface area contributed by atoms with Crippen molar-refractivity contribution in [1.29, 1.82) is 0 Å². The summed E-state index contributed by atoms with van der Waals surface area (Å²) in [7, 11) is 0. The first kappa shape index (κ1) is 10.3. The molecule has 3 nitrogen and oxygen atoms in total. The molecule has 0 aliphatic heterocycles. The highest BCUT2D eigenvalue weighted by Gasteiger charge is 2.00. The fraction of sp³-hybridized carbons (Fsp3) is 0.556. The lowest BCUT2D eigenvalue weighted by molar-refractivity contribution is 0.778. The number of nitrogens with zero attached hydrogens (tertiary/aromatic N) is 2. The SMILES string of the molecule is CCCCCSc1nccnc1N. The lowest BCUT2D eigenvalue weighted by Crippen LogP contribution is -1.95. The summed E-state index contributed by atoms with van der Waals surface area (Å²) in [6.07, 6.45) is 7.03. The fourth-order valence-electron chi connectivity index (χ4n) is 0.968. The van der Waals surface area contributed by atoms with Gasteiger partial charge < -0.3 is 5.73 Å². The number of unbranched alkanes of at least 4 members (excludes halogenated alkanes) is 2. The molecular weight excluding hydrogens is 182 g/mol. The molecule has 4 heteroatoms. The smallest absolute Gasteiger partial charge is 0.156 e. The molecule has 0 fully saturated rings. The zero-order chi connectivity index (χ0) is 9.52. The quantitative estimate of drug-likeness (QED) is 0.581. The number of rotatable bonds is 5. The lowest BCUT2D eigenvalue weighted by Gasteiger charge is -2.01. The first-order valence-electron chi connectivity index (χ1n) is 4.54. The number of hydrogen-bond acceptors (Lipinski definition) is 4. The first-order chi connectivity index (χ1) is 6.34. The summed E-state index contributed by atoms with van der Waals surface area (Å²) in [5.41, 5.74) is 5.64. The monoisotopic (exact) mass is 197 g/mol. The summed E-state index contributed by atoms with van der Waals surface area (Å²) >= 11 is 1.69. The van der Waals surface area contributed by atoms with Gasteiger partial charge in [0.1, 0.15) is 5.03 Å². The first-order valence-corrected chi connectivity index (χ1v) is 5.52. The molecule has 1 heterocycles. The Hall–Kier alpha value is -0.770. The molecule has 0 amide bonds. The summed E-state index contributed by atoms with van der Waals surface area (Å²) in [6, 6.07) is 0. The van der Waals surface area contributed by atoms with Crippen LogP contribution in [0.1, 0.15) is 26.2 Å². The average Bonchev–Trinajstić information content (AvgIpc) is 2.15. The average molecular weight is 197 g/mol. The Morgan fingerprint density at radius 2 is 2.08 bits per heavy atom. The highest BCUT2D eigenvalue weighted by atomic mass is 32.2. The second-order valence-electron chi connectivity index (χ2n) is 2.80. The molecule has 13 heavy (non-hydrogen) atoms. The maximum Gasteiger partial charge on any atom is 0.156 e. The maximum atomic E-state index is 5.64. The van der Waals surface area contributed by atoms with Crippen molar-refractivity contribution in [3.63, 3.8) is 0 Å². The van der Waals surface area contributed by atoms with E-state index in [1.54, 1.807) is 24.2 Å². The van der Waals surface area contributed by atoms with Gasteiger partial charge in [-0.15, -0.1) is 11.8 Å². The van der Waals surface area contributed by atoms with E-state index in [4.69, 9.17) is 5.73 Å². The number of nitrogen functional groups attached to an aromatic ring is 1. The van der Waals surface area contributed by atoms with Gasteiger partial charge in [0.25, 0.3) is 0 Å². The van der Waals surface area contributed by atoms with E-state index in [0.717, 1.165) is 10.8 Å². The van der Waals surface area contributed by atoms with E-state index in [1.165, 1.54) is 19.3 Å². The summed E-state index contributed by atoms with van der Waals surface area (Å²) in [6.45, 7) is 2.20. The number of hydrogen-bond donors (Lipinski definition) is 1. The standard InChI is InChI=1S/C9H15N3S/c1-2-3-4-7-13-9-8(10)11-5-6-12-9/h5-6H,2-4,7H2,1H3,(H2,10,11). The van der Waals surface area contributed by atoms with Gasteiger partial charge in [-0.3, -0.25) is 0 Å². The highest BCUT2D eigenvalue weighted by molar-refractivity contribution is 7.99. The molecule has 0 radical (unpaired) electrons. The van der Waals surface area contributed by atoms with Crippen LogP contribution < -0.4 is 5.73 Å². The summed E-state index contributed by atoms with van der Waals surface area (Å²) < 4.78 is 0. The zero-order valence-electron chi connectivity index (χ0n) is 7.86. The third kappa shape index (κ3) is 3.63. The van der Waals surface area contributed by atoms with Crippen LogP contribution >= 0.6 is 11.8 Å². The van der Waals surface area contributed by atoms with E-state index in [0.29, 0.717) is 5.82 Å². The molecule has 1 aromatic rings. The van der Waals surface area contributed by atoms with Crippen LogP contribution in [0.3, 0.4) is 0 Å². The van der Waals surface area contributed by atoms with Crippen molar-refractivity contribution in [1.82, 2.24) is 9.97 Å². The van der Waals surface area contributed by atoms with Crippen LogP contribution in [0.25, 0.3) is 0 Å². The van der Waals surface area contributed by atoms with Gasteiger partial charge in [0.05, 0.1) is 0 Å². The van der Waals surface area contributed by atoms with Gasteiger partial charge in [-0.05, 0) is 12.2 Å². The number of anilines is 1. The van der Waals surface area contributed by atoms with Crippen molar-refractivity contribution in [2.75, 3.05) is 11.5 Å². The Morgan fingerprint density at radius 1 is 1.31 bits per heavy atom. The minimum absolute atomic E-state index is 0.545. The molecule has 0 spiro atoms. The van der Waals surface area contributed by atoms with Crippen molar-refractivity contribution in [2.45, 2.75) is 31.2 Å². The molecule has 0 bridgehead atoms. The largest absolute Gasteiger partial charge is 0.381 e. The minimum Gasteiger partial charge on any atom is -0.381 e. The molecule has 0 saturated carbocycles. The Bertz CT molecular complexity index is 252. The number of thioether (sulfide) groups is 1. The van der Waals surface area contributed by atoms with Crippen LogP contribution in [0, 0.1) is 0 Å². The van der Waals surface area contributed by atoms with E-state index >= 15 is 0 Å². The van der Waals surface area contributed by atoms with Crippen molar-refractivity contribution < 1.29 is 0 Å². The lowest BCUT2D eigenvalue weighted by atomic mass is 10.3. The van der Waals surface area contributed by atoms with Gasteiger partial charge >= 0.3 is 0 Å². The van der Waals surface area contributed by atoms with Gasteiger partial charge in [0.2, 0.25) is 0 Å². The van der Waals surface area contributed by atoms with Gasteiger partial charge in [-0.2, -0.15) is 0 Å². The third-order valence-electron chi connectivity index (χ3n) is 1.68. The molecular formula is C9H15N3S. The molecule has 1 aromatic heterocycles. The topological polar surface area (TPSA) is 51.8 Å². The second-order valence-corrected chi connectivity index (χ2v) is 3.89. The van der Waals surface area contributed by atoms with Crippen LogP contribution in [0.2, 0.25) is 0 Å². The van der Waals surface area contributed by atoms with Gasteiger partial charge in [0.15, 0.2) is 5.82 Å². The molecule has 72 valence electrons. The number of aromatic nitrogens is 2. The number of nitrogens with two attached hydrogens (primary N) is 1. The summed E-state index contributed by atoms with van der Waals surface area (Å²) in [5, 5.41) is 0.860. The Balaban J connectivity index is 2.32. The van der Waals surface area contributed by atoms with E-state index in [2.05, 4.69) is 16.9 Å². The van der Waals surface area contributed by atoms with E-state index < -0.39 is 0 Å². The van der Waals surface area contributed by atoms with Crippen LogP contribution in [0.15, 0.2) is 17.4 Å². The zero-order valence-corrected chi connectivity index (χ0v) is 8.68. The second kappa shape index (κ2) is 5.80.